The van der Waals surface area contributed by atoms with E-state index in [1.165, 1.54) is 0 Å². The molecule has 0 aliphatic rings. The molecule has 2 heteroatoms. The van der Waals surface area contributed by atoms with Crippen molar-refractivity contribution in [2.75, 3.05) is 6.61 Å². The topological polar surface area (TPSA) is 29.5 Å². The van der Waals surface area contributed by atoms with Gasteiger partial charge in [0.2, 0.25) is 0 Å². The molecular formula is C11H23O2. The van der Waals surface area contributed by atoms with Gasteiger partial charge < -0.3 is 9.84 Å². The van der Waals surface area contributed by atoms with Gasteiger partial charge in [-0.2, -0.15) is 0 Å². The second-order valence-electron chi connectivity index (χ2n) is 4.11. The number of ether oxygens (including phenoxy) is 1. The van der Waals surface area contributed by atoms with Crippen LogP contribution in [0.5, 0.6) is 0 Å². The minimum absolute atomic E-state index is 0.0973. The smallest absolute Gasteiger partial charge is 0.125 e. The maximum atomic E-state index is 9.77. The van der Waals surface area contributed by atoms with Crippen LogP contribution in [-0.4, -0.2) is 17.8 Å². The first-order valence-electron chi connectivity index (χ1n) is 5.18. The first-order chi connectivity index (χ1) is 6.00. The molecule has 0 amide bonds. The van der Waals surface area contributed by atoms with Crippen LogP contribution >= 0.6 is 0 Å². The van der Waals surface area contributed by atoms with E-state index in [1.54, 1.807) is 0 Å². The van der Waals surface area contributed by atoms with Crippen LogP contribution in [-0.2, 0) is 4.74 Å². The van der Waals surface area contributed by atoms with Gasteiger partial charge in [0.25, 0.3) is 0 Å². The van der Waals surface area contributed by atoms with Crippen molar-refractivity contribution in [1.29, 1.82) is 0 Å². The van der Waals surface area contributed by atoms with E-state index in [9.17, 15) is 5.11 Å². The summed E-state index contributed by atoms with van der Waals surface area (Å²) in [6.45, 7) is 10.9. The fraction of sp³-hybridized carbons (Fsp3) is 0.909. The summed E-state index contributed by atoms with van der Waals surface area (Å²) in [5.41, 5.74) is 0. The number of hydrogen-bond donors (Lipinski definition) is 1. The fourth-order valence-corrected chi connectivity index (χ4v) is 1.19. The monoisotopic (exact) mass is 187 g/mol. The SMILES string of the molecule is CCCOC([C](O)C(C)C)C(C)C. The lowest BCUT2D eigenvalue weighted by Gasteiger charge is -2.27. The molecule has 0 heterocycles. The normalized spacial score (nSPS) is 14.5. The molecule has 0 fully saturated rings. The molecule has 1 unspecified atom stereocenters. The molecule has 0 aromatic rings. The minimum atomic E-state index is -0.0973. The Labute approximate surface area is 82.3 Å². The highest BCUT2D eigenvalue weighted by Gasteiger charge is 2.26. The zero-order chi connectivity index (χ0) is 10.4. The number of aliphatic hydroxyl groups is 1. The Morgan fingerprint density at radius 3 is 2.08 bits per heavy atom. The van der Waals surface area contributed by atoms with Crippen molar-refractivity contribution < 1.29 is 9.84 Å². The molecular weight excluding hydrogens is 164 g/mol. The van der Waals surface area contributed by atoms with Gasteiger partial charge in [0, 0.05) is 6.61 Å². The Morgan fingerprint density at radius 2 is 1.77 bits per heavy atom. The van der Waals surface area contributed by atoms with Crippen LogP contribution in [0.25, 0.3) is 0 Å². The third-order valence-electron chi connectivity index (χ3n) is 1.99. The van der Waals surface area contributed by atoms with E-state index in [-0.39, 0.29) is 12.0 Å². The van der Waals surface area contributed by atoms with E-state index < -0.39 is 0 Å². The average molecular weight is 187 g/mol. The lowest BCUT2D eigenvalue weighted by molar-refractivity contribution is -0.0227. The largest absolute Gasteiger partial charge is 0.384 e. The molecule has 0 rings (SSSR count). The molecule has 0 spiro atoms. The molecule has 2 nitrogen and oxygen atoms in total. The van der Waals surface area contributed by atoms with Crippen LogP contribution in [0.2, 0.25) is 0 Å². The minimum Gasteiger partial charge on any atom is -0.384 e. The Morgan fingerprint density at radius 1 is 1.23 bits per heavy atom. The standard InChI is InChI=1S/C11H23O2/c1-6-7-13-11(9(4)5)10(12)8(2)3/h8-9,11-12H,6-7H2,1-5H3. The van der Waals surface area contributed by atoms with Crippen molar-refractivity contribution in [3.8, 4) is 0 Å². The second-order valence-corrected chi connectivity index (χ2v) is 4.11. The summed E-state index contributed by atoms with van der Waals surface area (Å²) >= 11 is 0. The van der Waals surface area contributed by atoms with E-state index in [0.717, 1.165) is 13.0 Å². The van der Waals surface area contributed by atoms with E-state index >= 15 is 0 Å². The Hall–Kier alpha value is -0.0800. The summed E-state index contributed by atoms with van der Waals surface area (Å²) < 4.78 is 5.59. The molecule has 0 saturated carbocycles. The summed E-state index contributed by atoms with van der Waals surface area (Å²) in [6.07, 6.45) is 1.37. The van der Waals surface area contributed by atoms with Gasteiger partial charge in [0.05, 0.1) is 6.10 Å². The van der Waals surface area contributed by atoms with Gasteiger partial charge in [-0.1, -0.05) is 34.6 Å². The van der Waals surface area contributed by atoms with Gasteiger partial charge in [-0.25, -0.2) is 0 Å². The Bertz CT molecular complexity index is 121. The summed E-state index contributed by atoms with van der Waals surface area (Å²) in [5.74, 6) is 0.526. The van der Waals surface area contributed by atoms with Crippen molar-refractivity contribution in [2.45, 2.75) is 47.1 Å². The van der Waals surface area contributed by atoms with Crippen molar-refractivity contribution in [3.63, 3.8) is 0 Å². The van der Waals surface area contributed by atoms with E-state index in [2.05, 4.69) is 20.8 Å². The summed E-state index contributed by atoms with van der Waals surface area (Å²) in [7, 11) is 0. The van der Waals surface area contributed by atoms with Crippen LogP contribution in [0.4, 0.5) is 0 Å². The van der Waals surface area contributed by atoms with E-state index in [1.807, 2.05) is 13.8 Å². The lowest BCUT2D eigenvalue weighted by atomic mass is 9.94. The molecule has 0 aliphatic heterocycles. The van der Waals surface area contributed by atoms with E-state index in [4.69, 9.17) is 4.74 Å². The van der Waals surface area contributed by atoms with E-state index in [0.29, 0.717) is 12.0 Å². The predicted octanol–water partition coefficient (Wildman–Crippen LogP) is 3.00. The van der Waals surface area contributed by atoms with Gasteiger partial charge in [0.15, 0.2) is 0 Å². The zero-order valence-corrected chi connectivity index (χ0v) is 9.50. The van der Waals surface area contributed by atoms with Gasteiger partial charge >= 0.3 is 0 Å². The lowest BCUT2D eigenvalue weighted by Crippen LogP contribution is -2.31. The first-order valence-corrected chi connectivity index (χ1v) is 5.18. The van der Waals surface area contributed by atoms with Gasteiger partial charge in [-0.05, 0) is 18.3 Å². The number of hydrogen-bond acceptors (Lipinski definition) is 2. The number of aliphatic hydroxyl groups excluding tert-OH is 1. The van der Waals surface area contributed by atoms with Crippen molar-refractivity contribution in [2.24, 2.45) is 11.8 Å². The molecule has 0 bridgehead atoms. The van der Waals surface area contributed by atoms with Gasteiger partial charge in [0.1, 0.15) is 6.10 Å². The third-order valence-corrected chi connectivity index (χ3v) is 1.99. The second kappa shape index (κ2) is 6.39. The molecule has 1 N–H and O–H groups in total. The Kier molecular flexibility index (Phi) is 6.35. The van der Waals surface area contributed by atoms with Crippen LogP contribution in [0.3, 0.4) is 0 Å². The van der Waals surface area contributed by atoms with Crippen LogP contribution in [0, 0.1) is 17.9 Å². The predicted molar refractivity (Wildman–Crippen MR) is 54.9 cm³/mol. The molecule has 0 aromatic heterocycles. The van der Waals surface area contributed by atoms with Crippen LogP contribution in [0.1, 0.15) is 41.0 Å². The third kappa shape index (κ3) is 4.63. The van der Waals surface area contributed by atoms with Crippen LogP contribution < -0.4 is 0 Å². The highest BCUT2D eigenvalue weighted by Crippen LogP contribution is 2.23. The molecule has 1 radical (unpaired) electrons. The van der Waals surface area contributed by atoms with Crippen molar-refractivity contribution >= 4 is 0 Å². The maximum Gasteiger partial charge on any atom is 0.125 e. The number of rotatable bonds is 6. The summed E-state index contributed by atoms with van der Waals surface area (Å²) in [4.78, 5) is 0. The van der Waals surface area contributed by atoms with Crippen molar-refractivity contribution in [1.82, 2.24) is 0 Å². The van der Waals surface area contributed by atoms with Gasteiger partial charge in [-0.15, -0.1) is 0 Å². The first kappa shape index (κ1) is 12.9. The molecule has 1 atom stereocenters. The average Bonchev–Trinajstić information content (AvgIpc) is 2.04. The zero-order valence-electron chi connectivity index (χ0n) is 9.50. The molecule has 0 aliphatic carbocycles. The molecule has 0 saturated heterocycles. The van der Waals surface area contributed by atoms with Crippen molar-refractivity contribution in [3.05, 3.63) is 6.10 Å². The van der Waals surface area contributed by atoms with Crippen LogP contribution in [0.15, 0.2) is 0 Å². The fourth-order valence-electron chi connectivity index (χ4n) is 1.19. The highest BCUT2D eigenvalue weighted by atomic mass is 16.5. The highest BCUT2D eigenvalue weighted by molar-refractivity contribution is 4.91. The molecule has 0 aromatic carbocycles. The maximum absolute atomic E-state index is 9.77. The summed E-state index contributed by atoms with van der Waals surface area (Å²) in [5, 5.41) is 9.77. The van der Waals surface area contributed by atoms with Gasteiger partial charge in [-0.3, -0.25) is 0 Å². The Balaban J connectivity index is 4.07. The molecule has 79 valence electrons. The quantitative estimate of drug-likeness (QED) is 0.692. The molecule has 13 heavy (non-hydrogen) atoms. The summed E-state index contributed by atoms with van der Waals surface area (Å²) in [6, 6.07) is 0.